The molecule has 2 aromatic rings. The molecular weight excluding hydrogens is 306 g/mol. The average Bonchev–Trinajstić information content (AvgIpc) is 2.91. The first-order valence-corrected chi connectivity index (χ1v) is 8.06. The Bertz CT molecular complexity index is 779. The molecule has 0 fully saturated rings. The zero-order valence-electron chi connectivity index (χ0n) is 14.5. The van der Waals surface area contributed by atoms with Gasteiger partial charge >= 0.3 is 6.09 Å². The van der Waals surface area contributed by atoms with Gasteiger partial charge in [0.25, 0.3) is 0 Å². The molecule has 5 nitrogen and oxygen atoms in total. The lowest BCUT2D eigenvalue weighted by Gasteiger charge is -2.25. The quantitative estimate of drug-likeness (QED) is 0.913. The molecule has 5 heteroatoms. The number of anilines is 1. The molecule has 2 aromatic carbocycles. The van der Waals surface area contributed by atoms with E-state index in [0.717, 1.165) is 22.0 Å². The van der Waals surface area contributed by atoms with Gasteiger partial charge in [-0.25, -0.2) is 4.79 Å². The average molecular weight is 329 g/mol. The Morgan fingerprint density at radius 2 is 1.96 bits per heavy atom. The summed E-state index contributed by atoms with van der Waals surface area (Å²) in [5.74, 6) is 0.569. The van der Waals surface area contributed by atoms with Crippen molar-refractivity contribution in [2.24, 2.45) is 0 Å². The van der Waals surface area contributed by atoms with E-state index in [4.69, 9.17) is 9.47 Å². The third kappa shape index (κ3) is 2.80. The van der Waals surface area contributed by atoms with Crippen LogP contribution >= 0.6 is 0 Å². The van der Waals surface area contributed by atoms with Gasteiger partial charge in [-0.3, -0.25) is 4.90 Å². The van der Waals surface area contributed by atoms with Crippen molar-refractivity contribution in [2.45, 2.75) is 32.3 Å². The number of carbonyl (C=O) groups is 1. The summed E-state index contributed by atoms with van der Waals surface area (Å²) in [5, 5.41) is 11.8. The second-order valence-electron chi connectivity index (χ2n) is 7.03. The van der Waals surface area contributed by atoms with Gasteiger partial charge in [-0.2, -0.15) is 0 Å². The Labute approximate surface area is 141 Å². The third-order valence-electron chi connectivity index (χ3n) is 4.18. The number of nitrogens with zero attached hydrogens (tertiary/aromatic N) is 1. The molecule has 1 unspecified atom stereocenters. The highest BCUT2D eigenvalue weighted by Gasteiger charge is 2.36. The molecule has 0 radical (unpaired) electrons. The van der Waals surface area contributed by atoms with Crippen LogP contribution in [0.1, 0.15) is 32.3 Å². The predicted molar refractivity (Wildman–Crippen MR) is 93.9 cm³/mol. The van der Waals surface area contributed by atoms with E-state index in [1.54, 1.807) is 12.0 Å². The van der Waals surface area contributed by atoms with Crippen molar-refractivity contribution >= 4 is 22.6 Å². The summed E-state index contributed by atoms with van der Waals surface area (Å²) in [6, 6.07) is 9.74. The van der Waals surface area contributed by atoms with E-state index in [9.17, 15) is 9.90 Å². The fourth-order valence-electron chi connectivity index (χ4n) is 3.22. The first-order chi connectivity index (χ1) is 11.4. The Hall–Kier alpha value is -2.27. The minimum Gasteiger partial charge on any atom is -0.496 e. The van der Waals surface area contributed by atoms with Crippen molar-refractivity contribution < 1.29 is 19.4 Å². The molecule has 0 spiro atoms. The van der Waals surface area contributed by atoms with E-state index < -0.39 is 11.7 Å². The summed E-state index contributed by atoms with van der Waals surface area (Å²) in [7, 11) is 1.62. The maximum Gasteiger partial charge on any atom is 0.414 e. The van der Waals surface area contributed by atoms with Crippen molar-refractivity contribution in [3.63, 3.8) is 0 Å². The second kappa shape index (κ2) is 5.98. The van der Waals surface area contributed by atoms with Crippen molar-refractivity contribution in [3.05, 3.63) is 35.9 Å². The standard InChI is InChI=1S/C19H23NO4/c1-19(2,3)24-18(22)20-10-12(11-21)17-14-8-6-5-7-13(14)16(23-4)9-15(17)20/h5-9,12,21H,10-11H2,1-4H3. The lowest BCUT2D eigenvalue weighted by atomic mass is 9.95. The van der Waals surface area contributed by atoms with Crippen molar-refractivity contribution in [2.75, 3.05) is 25.2 Å². The molecule has 1 aliphatic heterocycles. The fourth-order valence-corrected chi connectivity index (χ4v) is 3.22. The van der Waals surface area contributed by atoms with Crippen molar-refractivity contribution in [3.8, 4) is 5.75 Å². The highest BCUT2D eigenvalue weighted by atomic mass is 16.6. The van der Waals surface area contributed by atoms with Gasteiger partial charge in [0.2, 0.25) is 0 Å². The molecule has 24 heavy (non-hydrogen) atoms. The highest BCUT2D eigenvalue weighted by molar-refractivity contribution is 6.02. The Morgan fingerprint density at radius 3 is 2.54 bits per heavy atom. The molecule has 1 amide bonds. The van der Waals surface area contributed by atoms with Gasteiger partial charge < -0.3 is 14.6 Å². The van der Waals surface area contributed by atoms with Gasteiger partial charge in [-0.15, -0.1) is 0 Å². The number of amides is 1. The molecule has 1 atom stereocenters. The molecule has 0 saturated carbocycles. The smallest absolute Gasteiger partial charge is 0.414 e. The maximum absolute atomic E-state index is 12.6. The summed E-state index contributed by atoms with van der Waals surface area (Å²) in [4.78, 5) is 14.2. The Kier molecular flexibility index (Phi) is 4.13. The normalized spacial score (nSPS) is 17.0. The van der Waals surface area contributed by atoms with Crippen LogP contribution in [0.4, 0.5) is 10.5 Å². The maximum atomic E-state index is 12.6. The van der Waals surface area contributed by atoms with Gasteiger partial charge in [0.05, 0.1) is 19.4 Å². The molecule has 0 aromatic heterocycles. The second-order valence-corrected chi connectivity index (χ2v) is 7.03. The van der Waals surface area contributed by atoms with Crippen LogP contribution in [-0.4, -0.2) is 37.1 Å². The van der Waals surface area contributed by atoms with E-state index in [1.807, 2.05) is 51.1 Å². The summed E-state index contributed by atoms with van der Waals surface area (Å²) in [6.45, 7) is 5.89. The Morgan fingerprint density at radius 1 is 1.29 bits per heavy atom. The van der Waals surface area contributed by atoms with Crippen LogP contribution in [0.5, 0.6) is 5.75 Å². The summed E-state index contributed by atoms with van der Waals surface area (Å²) in [6.07, 6.45) is -0.406. The van der Waals surface area contributed by atoms with Crippen LogP contribution in [0.25, 0.3) is 10.8 Å². The molecule has 128 valence electrons. The van der Waals surface area contributed by atoms with Gasteiger partial charge in [0, 0.05) is 23.9 Å². The van der Waals surface area contributed by atoms with Crippen LogP contribution in [0, 0.1) is 0 Å². The number of ether oxygens (including phenoxy) is 2. The van der Waals surface area contributed by atoms with E-state index >= 15 is 0 Å². The van der Waals surface area contributed by atoms with Crippen molar-refractivity contribution in [1.82, 2.24) is 0 Å². The minimum absolute atomic E-state index is 0.0252. The van der Waals surface area contributed by atoms with Crippen molar-refractivity contribution in [1.29, 1.82) is 0 Å². The number of methoxy groups -OCH3 is 1. The SMILES string of the molecule is COc1cc2c(c3ccccc13)C(CO)CN2C(=O)OC(C)(C)C. The summed E-state index contributed by atoms with van der Waals surface area (Å²) < 4.78 is 11.0. The zero-order valence-corrected chi connectivity index (χ0v) is 14.5. The van der Waals surface area contributed by atoms with Crippen LogP contribution in [-0.2, 0) is 4.74 Å². The van der Waals surface area contributed by atoms with E-state index in [-0.39, 0.29) is 12.5 Å². The van der Waals surface area contributed by atoms with Gasteiger partial charge in [0.1, 0.15) is 11.4 Å². The van der Waals surface area contributed by atoms with Gasteiger partial charge in [-0.05, 0) is 31.7 Å². The minimum atomic E-state index is -0.574. The monoisotopic (exact) mass is 329 g/mol. The number of hydrogen-bond acceptors (Lipinski definition) is 4. The fraction of sp³-hybridized carbons (Fsp3) is 0.421. The number of rotatable bonds is 2. The van der Waals surface area contributed by atoms with Crippen LogP contribution in [0.2, 0.25) is 0 Å². The molecule has 0 bridgehead atoms. The van der Waals surface area contributed by atoms with Crippen LogP contribution < -0.4 is 9.64 Å². The van der Waals surface area contributed by atoms with E-state index in [1.165, 1.54) is 0 Å². The zero-order chi connectivity index (χ0) is 17.5. The Balaban J connectivity index is 2.15. The summed E-state index contributed by atoms with van der Waals surface area (Å²) >= 11 is 0. The molecule has 1 N–H and O–H groups in total. The lowest BCUT2D eigenvalue weighted by molar-refractivity contribution is 0.0581. The molecule has 1 aliphatic rings. The van der Waals surface area contributed by atoms with Gasteiger partial charge in [0.15, 0.2) is 0 Å². The summed E-state index contributed by atoms with van der Waals surface area (Å²) in [5.41, 5.74) is 1.15. The first kappa shape index (κ1) is 16.6. The molecule has 0 saturated heterocycles. The predicted octanol–water partition coefficient (Wildman–Crippen LogP) is 3.68. The lowest BCUT2D eigenvalue weighted by Crippen LogP contribution is -2.36. The number of fused-ring (bicyclic) bond motifs is 3. The topological polar surface area (TPSA) is 59.0 Å². The molecular formula is C19H23NO4. The van der Waals surface area contributed by atoms with Crippen LogP contribution in [0.15, 0.2) is 30.3 Å². The number of aliphatic hydroxyl groups is 1. The number of aliphatic hydroxyl groups excluding tert-OH is 1. The van der Waals surface area contributed by atoms with Crippen LogP contribution in [0.3, 0.4) is 0 Å². The van der Waals surface area contributed by atoms with E-state index in [2.05, 4.69) is 0 Å². The largest absolute Gasteiger partial charge is 0.496 e. The highest BCUT2D eigenvalue weighted by Crippen LogP contribution is 2.45. The third-order valence-corrected chi connectivity index (χ3v) is 4.18. The first-order valence-electron chi connectivity index (χ1n) is 8.06. The molecule has 3 rings (SSSR count). The number of carbonyl (C=O) groups excluding carboxylic acids is 1. The number of hydrogen-bond donors (Lipinski definition) is 1. The van der Waals surface area contributed by atoms with Gasteiger partial charge in [-0.1, -0.05) is 24.3 Å². The van der Waals surface area contributed by atoms with E-state index in [0.29, 0.717) is 12.3 Å². The molecule has 1 heterocycles. The number of benzene rings is 2. The molecule has 0 aliphatic carbocycles.